The van der Waals surface area contributed by atoms with Crippen molar-refractivity contribution in [3.8, 4) is 0 Å². The van der Waals surface area contributed by atoms with Gasteiger partial charge >= 0.3 is 0 Å². The van der Waals surface area contributed by atoms with Gasteiger partial charge in [-0.2, -0.15) is 0 Å². The second-order valence-corrected chi connectivity index (χ2v) is 8.29. The summed E-state index contributed by atoms with van der Waals surface area (Å²) in [7, 11) is -3.30. The van der Waals surface area contributed by atoms with Crippen molar-refractivity contribution < 1.29 is 13.2 Å². The standard InChI is InChI=1S/C16H17ClN2O3S2/c1-24(21,22)19-15-8-6-14(7-9-15)18-16(20)11-23-10-12-2-4-13(17)5-3-12/h2-9,19H,10-11H2,1H3,(H,18,20). The zero-order chi connectivity index (χ0) is 17.6. The van der Waals surface area contributed by atoms with Crippen LogP contribution in [0.1, 0.15) is 5.56 Å². The SMILES string of the molecule is CS(=O)(=O)Nc1ccc(NC(=O)CSCc2ccc(Cl)cc2)cc1. The minimum absolute atomic E-state index is 0.113. The van der Waals surface area contributed by atoms with E-state index in [4.69, 9.17) is 11.6 Å². The van der Waals surface area contributed by atoms with Gasteiger partial charge in [0.15, 0.2) is 0 Å². The fourth-order valence-corrected chi connectivity index (χ4v) is 3.35. The third-order valence-electron chi connectivity index (χ3n) is 2.89. The number of amides is 1. The number of sulfonamides is 1. The van der Waals surface area contributed by atoms with Gasteiger partial charge in [-0.15, -0.1) is 11.8 Å². The van der Waals surface area contributed by atoms with Crippen molar-refractivity contribution >= 4 is 50.7 Å². The lowest BCUT2D eigenvalue weighted by Gasteiger charge is -2.07. The summed E-state index contributed by atoms with van der Waals surface area (Å²) in [5.74, 6) is 0.936. The molecule has 24 heavy (non-hydrogen) atoms. The molecular formula is C16H17ClN2O3S2. The average Bonchev–Trinajstić information content (AvgIpc) is 2.50. The van der Waals surface area contributed by atoms with Crippen LogP contribution in [0.3, 0.4) is 0 Å². The highest BCUT2D eigenvalue weighted by Crippen LogP contribution is 2.17. The van der Waals surface area contributed by atoms with Crippen molar-refractivity contribution in [2.75, 3.05) is 22.0 Å². The Bertz CT molecular complexity index is 791. The number of hydrogen-bond acceptors (Lipinski definition) is 4. The molecule has 0 spiro atoms. The number of anilines is 2. The van der Waals surface area contributed by atoms with Gasteiger partial charge in [-0.05, 0) is 42.0 Å². The highest BCUT2D eigenvalue weighted by Gasteiger charge is 2.05. The first kappa shape index (κ1) is 18.6. The molecule has 0 fully saturated rings. The summed E-state index contributed by atoms with van der Waals surface area (Å²) < 4.78 is 24.6. The summed E-state index contributed by atoms with van der Waals surface area (Å²) in [5, 5.41) is 3.46. The van der Waals surface area contributed by atoms with E-state index >= 15 is 0 Å². The first-order valence-corrected chi connectivity index (χ1v) is 10.4. The van der Waals surface area contributed by atoms with Crippen molar-refractivity contribution in [1.82, 2.24) is 0 Å². The topological polar surface area (TPSA) is 75.3 Å². The fourth-order valence-electron chi connectivity index (χ4n) is 1.87. The van der Waals surface area contributed by atoms with Gasteiger partial charge in [-0.25, -0.2) is 8.42 Å². The van der Waals surface area contributed by atoms with Crippen LogP contribution in [0.4, 0.5) is 11.4 Å². The molecule has 0 radical (unpaired) electrons. The number of halogens is 1. The molecule has 1 amide bonds. The van der Waals surface area contributed by atoms with Gasteiger partial charge < -0.3 is 5.32 Å². The average molecular weight is 385 g/mol. The van der Waals surface area contributed by atoms with Crippen LogP contribution < -0.4 is 10.0 Å². The number of hydrogen-bond donors (Lipinski definition) is 2. The molecule has 0 heterocycles. The molecule has 0 aromatic heterocycles. The fraction of sp³-hybridized carbons (Fsp3) is 0.188. The molecule has 5 nitrogen and oxygen atoms in total. The van der Waals surface area contributed by atoms with Crippen molar-refractivity contribution in [3.05, 3.63) is 59.1 Å². The summed E-state index contributed by atoms with van der Waals surface area (Å²) in [6.07, 6.45) is 1.08. The molecule has 0 aliphatic rings. The summed E-state index contributed by atoms with van der Waals surface area (Å²) in [5.41, 5.74) is 2.17. The van der Waals surface area contributed by atoms with E-state index in [1.54, 1.807) is 24.3 Å². The van der Waals surface area contributed by atoms with Crippen molar-refractivity contribution in [1.29, 1.82) is 0 Å². The third-order valence-corrected chi connectivity index (χ3v) is 4.75. The maximum absolute atomic E-state index is 11.9. The number of rotatable bonds is 7. The minimum Gasteiger partial charge on any atom is -0.325 e. The summed E-state index contributed by atoms with van der Waals surface area (Å²) in [4.78, 5) is 11.9. The number of carbonyl (C=O) groups is 1. The Hall–Kier alpha value is -1.70. The van der Waals surface area contributed by atoms with Gasteiger partial charge in [0.05, 0.1) is 12.0 Å². The van der Waals surface area contributed by atoms with Crippen molar-refractivity contribution in [3.63, 3.8) is 0 Å². The van der Waals surface area contributed by atoms with E-state index in [-0.39, 0.29) is 5.91 Å². The number of carbonyl (C=O) groups excluding carboxylic acids is 1. The molecule has 2 aromatic carbocycles. The maximum atomic E-state index is 11.9. The van der Waals surface area contributed by atoms with E-state index in [1.807, 2.05) is 24.3 Å². The molecule has 0 saturated carbocycles. The normalized spacial score (nSPS) is 11.1. The van der Waals surface area contributed by atoms with Crippen LogP contribution in [-0.2, 0) is 20.6 Å². The summed E-state index contributed by atoms with van der Waals surface area (Å²) >= 11 is 7.33. The van der Waals surface area contributed by atoms with Gasteiger partial charge in [0.2, 0.25) is 15.9 Å². The Labute approximate surface area is 150 Å². The van der Waals surface area contributed by atoms with E-state index in [2.05, 4.69) is 10.0 Å². The van der Waals surface area contributed by atoms with Gasteiger partial charge in [0, 0.05) is 22.2 Å². The van der Waals surface area contributed by atoms with E-state index in [9.17, 15) is 13.2 Å². The molecule has 0 unspecified atom stereocenters. The van der Waals surface area contributed by atoms with Gasteiger partial charge in [0.25, 0.3) is 0 Å². The maximum Gasteiger partial charge on any atom is 0.234 e. The lowest BCUT2D eigenvalue weighted by Crippen LogP contribution is -2.14. The van der Waals surface area contributed by atoms with Crippen LogP contribution >= 0.6 is 23.4 Å². The Balaban J connectivity index is 1.78. The first-order valence-electron chi connectivity index (χ1n) is 7.02. The lowest BCUT2D eigenvalue weighted by atomic mass is 10.2. The highest BCUT2D eigenvalue weighted by atomic mass is 35.5. The molecule has 0 aliphatic carbocycles. The predicted octanol–water partition coefficient (Wildman–Crippen LogP) is 3.58. The van der Waals surface area contributed by atoms with Crippen LogP contribution in [0.15, 0.2) is 48.5 Å². The summed E-state index contributed by atoms with van der Waals surface area (Å²) in [6, 6.07) is 14.0. The van der Waals surface area contributed by atoms with Gasteiger partial charge in [-0.1, -0.05) is 23.7 Å². The zero-order valence-electron chi connectivity index (χ0n) is 13.0. The number of nitrogens with one attached hydrogen (secondary N) is 2. The van der Waals surface area contributed by atoms with Crippen LogP contribution in [0.2, 0.25) is 5.02 Å². The molecule has 128 valence electrons. The molecule has 0 aliphatic heterocycles. The van der Waals surface area contributed by atoms with Crippen LogP contribution in [-0.4, -0.2) is 26.3 Å². The lowest BCUT2D eigenvalue weighted by molar-refractivity contribution is -0.113. The van der Waals surface area contributed by atoms with Gasteiger partial charge in [0.1, 0.15) is 0 Å². The predicted molar refractivity (Wildman–Crippen MR) is 101 cm³/mol. The van der Waals surface area contributed by atoms with Crippen molar-refractivity contribution in [2.45, 2.75) is 5.75 Å². The smallest absolute Gasteiger partial charge is 0.234 e. The minimum atomic E-state index is -3.30. The summed E-state index contributed by atoms with van der Waals surface area (Å²) in [6.45, 7) is 0. The Morgan fingerprint density at radius 3 is 2.21 bits per heavy atom. The van der Waals surface area contributed by atoms with Gasteiger partial charge in [-0.3, -0.25) is 9.52 Å². The largest absolute Gasteiger partial charge is 0.325 e. The first-order chi connectivity index (χ1) is 11.3. The molecular weight excluding hydrogens is 368 g/mol. The molecule has 2 N–H and O–H groups in total. The monoisotopic (exact) mass is 384 g/mol. The highest BCUT2D eigenvalue weighted by molar-refractivity contribution is 7.99. The second kappa shape index (κ2) is 8.41. The zero-order valence-corrected chi connectivity index (χ0v) is 15.3. The van der Waals surface area contributed by atoms with Crippen LogP contribution in [0.25, 0.3) is 0 Å². The van der Waals surface area contributed by atoms with E-state index in [0.29, 0.717) is 22.2 Å². The third kappa shape index (κ3) is 6.82. The Morgan fingerprint density at radius 1 is 1.04 bits per heavy atom. The molecule has 2 aromatic rings. The van der Waals surface area contributed by atoms with Crippen molar-refractivity contribution in [2.24, 2.45) is 0 Å². The van der Waals surface area contributed by atoms with Crippen LogP contribution in [0, 0.1) is 0 Å². The molecule has 0 saturated heterocycles. The quantitative estimate of drug-likeness (QED) is 0.765. The number of thioether (sulfide) groups is 1. The molecule has 2 rings (SSSR count). The second-order valence-electron chi connectivity index (χ2n) is 5.12. The molecule has 8 heteroatoms. The Kier molecular flexibility index (Phi) is 6.53. The number of benzene rings is 2. The molecule has 0 atom stereocenters. The Morgan fingerprint density at radius 2 is 1.62 bits per heavy atom. The van der Waals surface area contributed by atoms with E-state index in [0.717, 1.165) is 17.6 Å². The molecule has 0 bridgehead atoms. The van der Waals surface area contributed by atoms with E-state index in [1.165, 1.54) is 11.8 Å². The van der Waals surface area contributed by atoms with E-state index < -0.39 is 10.0 Å². The van der Waals surface area contributed by atoms with Crippen LogP contribution in [0.5, 0.6) is 0 Å².